The van der Waals surface area contributed by atoms with Crippen molar-refractivity contribution in [2.75, 3.05) is 19.7 Å². The molecule has 3 nitrogen and oxygen atoms in total. The molecule has 3 heteroatoms. The third-order valence-electron chi connectivity index (χ3n) is 7.15. The number of allylic oxidation sites excluding steroid dienone is 5. The van der Waals surface area contributed by atoms with Gasteiger partial charge in [0.05, 0.1) is 0 Å². The zero-order chi connectivity index (χ0) is 21.9. The fourth-order valence-corrected chi connectivity index (χ4v) is 5.16. The van der Waals surface area contributed by atoms with Crippen LogP contribution < -0.4 is 0 Å². The molecule has 0 spiro atoms. The Kier molecular flexibility index (Phi) is 6.29. The number of rotatable bonds is 8. The SMILES string of the molecule is OCCC/C(=C(/c1ccc(C2CN(C3CC3)C2)cc1)C1C=CC(O)=CC1)c1ccccc1. The van der Waals surface area contributed by atoms with Gasteiger partial charge in [-0.2, -0.15) is 0 Å². The molecule has 1 aliphatic heterocycles. The Morgan fingerprint density at radius 2 is 1.69 bits per heavy atom. The number of benzene rings is 2. The maximum Gasteiger partial charge on any atom is 0.111 e. The molecule has 2 aromatic carbocycles. The summed E-state index contributed by atoms with van der Waals surface area (Å²) in [6.07, 6.45) is 11.0. The third kappa shape index (κ3) is 4.60. The lowest BCUT2D eigenvalue weighted by Gasteiger charge is -2.40. The Balaban J connectivity index is 1.49. The first-order valence-electron chi connectivity index (χ1n) is 12.0. The van der Waals surface area contributed by atoms with E-state index in [9.17, 15) is 10.2 Å². The van der Waals surface area contributed by atoms with Crippen LogP contribution >= 0.6 is 0 Å². The molecule has 0 amide bonds. The Bertz CT molecular complexity index is 1010. The van der Waals surface area contributed by atoms with Gasteiger partial charge in [-0.05, 0) is 72.1 Å². The molecule has 1 atom stereocenters. The predicted molar refractivity (Wildman–Crippen MR) is 131 cm³/mol. The van der Waals surface area contributed by atoms with Gasteiger partial charge in [0.2, 0.25) is 0 Å². The smallest absolute Gasteiger partial charge is 0.111 e. The van der Waals surface area contributed by atoms with E-state index in [2.05, 4.69) is 59.5 Å². The van der Waals surface area contributed by atoms with Crippen molar-refractivity contribution in [3.63, 3.8) is 0 Å². The van der Waals surface area contributed by atoms with Crippen LogP contribution in [0.2, 0.25) is 0 Å². The van der Waals surface area contributed by atoms with Crippen molar-refractivity contribution < 1.29 is 10.2 Å². The van der Waals surface area contributed by atoms with Crippen molar-refractivity contribution in [2.45, 2.75) is 44.1 Å². The molecular formula is C29H33NO2. The Labute approximate surface area is 191 Å². The maximum absolute atomic E-state index is 9.89. The summed E-state index contributed by atoms with van der Waals surface area (Å²) < 4.78 is 0. The standard InChI is InChI=1S/C29H33NO2/c31-18-4-7-28(22-5-2-1-3-6-22)29(24-12-16-27(32)17-13-24)23-10-8-21(9-11-23)25-19-30(20-25)26-14-15-26/h1-3,5-6,8-12,16-17,24-26,31-32H,4,7,13-15,18-20H2/b29-28+. The van der Waals surface area contributed by atoms with Crippen LogP contribution in [-0.4, -0.2) is 40.9 Å². The summed E-state index contributed by atoms with van der Waals surface area (Å²) in [5.41, 5.74) is 6.50. The fraction of sp³-hybridized carbons (Fsp3) is 0.379. The van der Waals surface area contributed by atoms with Gasteiger partial charge in [-0.1, -0.05) is 60.7 Å². The summed E-state index contributed by atoms with van der Waals surface area (Å²) in [7, 11) is 0. The van der Waals surface area contributed by atoms with Gasteiger partial charge in [0.15, 0.2) is 0 Å². The molecule has 0 aromatic heterocycles. The van der Waals surface area contributed by atoms with Crippen molar-refractivity contribution in [1.29, 1.82) is 0 Å². The second-order valence-corrected chi connectivity index (χ2v) is 9.42. The average Bonchev–Trinajstić information content (AvgIpc) is 3.63. The lowest BCUT2D eigenvalue weighted by atomic mass is 9.80. The highest BCUT2D eigenvalue weighted by molar-refractivity contribution is 5.92. The molecule has 2 N–H and O–H groups in total. The van der Waals surface area contributed by atoms with E-state index in [-0.39, 0.29) is 12.5 Å². The minimum atomic E-state index is 0.183. The topological polar surface area (TPSA) is 43.7 Å². The first-order valence-corrected chi connectivity index (χ1v) is 12.0. The molecule has 0 radical (unpaired) electrons. The summed E-state index contributed by atoms with van der Waals surface area (Å²) in [6.45, 7) is 2.59. The van der Waals surface area contributed by atoms with Crippen LogP contribution in [0, 0.1) is 5.92 Å². The van der Waals surface area contributed by atoms with E-state index < -0.39 is 0 Å². The van der Waals surface area contributed by atoms with Crippen LogP contribution in [-0.2, 0) is 0 Å². The summed E-state index contributed by atoms with van der Waals surface area (Å²) >= 11 is 0. The number of likely N-dealkylation sites (tertiary alicyclic amines) is 1. The highest BCUT2D eigenvalue weighted by Crippen LogP contribution is 2.41. The number of hydrogen-bond donors (Lipinski definition) is 2. The van der Waals surface area contributed by atoms with Crippen molar-refractivity contribution >= 4 is 11.1 Å². The van der Waals surface area contributed by atoms with E-state index in [1.54, 1.807) is 0 Å². The van der Waals surface area contributed by atoms with E-state index in [0.717, 1.165) is 25.3 Å². The molecule has 3 aliphatic rings. The van der Waals surface area contributed by atoms with Gasteiger partial charge in [-0.25, -0.2) is 0 Å². The quantitative estimate of drug-likeness (QED) is 0.512. The number of hydrogen-bond acceptors (Lipinski definition) is 3. The maximum atomic E-state index is 9.89. The molecule has 2 fully saturated rings. The summed E-state index contributed by atoms with van der Waals surface area (Å²) in [4.78, 5) is 2.62. The Hall–Kier alpha value is -2.62. The molecule has 1 unspecified atom stereocenters. The molecule has 1 saturated carbocycles. The highest BCUT2D eigenvalue weighted by Gasteiger charge is 2.38. The number of aliphatic hydroxyl groups is 2. The van der Waals surface area contributed by atoms with E-state index in [1.807, 2.05) is 18.2 Å². The fourth-order valence-electron chi connectivity index (χ4n) is 5.16. The second-order valence-electron chi connectivity index (χ2n) is 9.42. The minimum Gasteiger partial charge on any atom is -0.508 e. The van der Waals surface area contributed by atoms with Crippen LogP contribution in [0.1, 0.15) is 54.7 Å². The molecule has 166 valence electrons. The third-order valence-corrected chi connectivity index (χ3v) is 7.15. The van der Waals surface area contributed by atoms with Crippen molar-refractivity contribution in [3.8, 4) is 0 Å². The molecule has 0 bridgehead atoms. The Morgan fingerprint density at radius 3 is 2.31 bits per heavy atom. The van der Waals surface area contributed by atoms with Gasteiger partial charge in [-0.3, -0.25) is 4.90 Å². The second kappa shape index (κ2) is 9.48. The van der Waals surface area contributed by atoms with E-state index >= 15 is 0 Å². The molecule has 2 aromatic rings. The van der Waals surface area contributed by atoms with Crippen LogP contribution in [0.5, 0.6) is 0 Å². The normalized spacial score (nSPS) is 22.3. The zero-order valence-corrected chi connectivity index (χ0v) is 18.7. The minimum absolute atomic E-state index is 0.183. The monoisotopic (exact) mass is 427 g/mol. The molecule has 32 heavy (non-hydrogen) atoms. The van der Waals surface area contributed by atoms with Gasteiger partial charge < -0.3 is 10.2 Å². The van der Waals surface area contributed by atoms with Crippen molar-refractivity contribution in [3.05, 3.63) is 95.3 Å². The molecule has 5 rings (SSSR count). The van der Waals surface area contributed by atoms with Gasteiger partial charge in [-0.15, -0.1) is 0 Å². The highest BCUT2D eigenvalue weighted by atomic mass is 16.3. The number of nitrogens with zero attached hydrogens (tertiary/aromatic N) is 1. The number of aliphatic hydroxyl groups excluding tert-OH is 2. The van der Waals surface area contributed by atoms with Gasteiger partial charge in [0.25, 0.3) is 0 Å². The van der Waals surface area contributed by atoms with Crippen LogP contribution in [0.4, 0.5) is 0 Å². The molecule has 1 heterocycles. The molecular weight excluding hydrogens is 394 g/mol. The van der Waals surface area contributed by atoms with Gasteiger partial charge in [0, 0.05) is 37.6 Å². The average molecular weight is 428 g/mol. The first-order chi connectivity index (χ1) is 15.7. The van der Waals surface area contributed by atoms with E-state index in [0.29, 0.717) is 11.7 Å². The van der Waals surface area contributed by atoms with Crippen LogP contribution in [0.25, 0.3) is 11.1 Å². The lowest BCUT2D eigenvalue weighted by molar-refractivity contribution is 0.139. The first kappa shape index (κ1) is 21.2. The van der Waals surface area contributed by atoms with Crippen molar-refractivity contribution in [1.82, 2.24) is 4.90 Å². The van der Waals surface area contributed by atoms with Gasteiger partial charge in [0.1, 0.15) is 5.76 Å². The summed E-state index contributed by atoms with van der Waals surface area (Å²) in [6, 6.07) is 20.6. The largest absolute Gasteiger partial charge is 0.508 e. The van der Waals surface area contributed by atoms with Gasteiger partial charge >= 0.3 is 0 Å². The van der Waals surface area contributed by atoms with E-state index in [1.165, 1.54) is 53.8 Å². The van der Waals surface area contributed by atoms with Crippen LogP contribution in [0.3, 0.4) is 0 Å². The molecule has 2 aliphatic carbocycles. The summed E-state index contributed by atoms with van der Waals surface area (Å²) in [5.74, 6) is 1.21. The molecule has 1 saturated heterocycles. The predicted octanol–water partition coefficient (Wildman–Crippen LogP) is 5.95. The summed E-state index contributed by atoms with van der Waals surface area (Å²) in [5, 5.41) is 19.5. The zero-order valence-electron chi connectivity index (χ0n) is 18.7. The van der Waals surface area contributed by atoms with E-state index in [4.69, 9.17) is 0 Å². The lowest BCUT2D eigenvalue weighted by Crippen LogP contribution is -2.46. The van der Waals surface area contributed by atoms with Crippen LogP contribution in [0.15, 0.2) is 78.6 Å². The Morgan fingerprint density at radius 1 is 0.938 bits per heavy atom. The van der Waals surface area contributed by atoms with Crippen molar-refractivity contribution in [2.24, 2.45) is 5.92 Å².